The summed E-state index contributed by atoms with van der Waals surface area (Å²) in [6, 6.07) is 17.0. The molecule has 12 heteroatoms. The Labute approximate surface area is 230 Å². The molecule has 0 radical (unpaired) electrons. The Kier molecular flexibility index (Phi) is 7.37. The normalized spacial score (nSPS) is 13.2. The minimum absolute atomic E-state index is 0.0902. The average molecular weight is 574 g/mol. The molecule has 5 rings (SSSR count). The molecule has 4 aromatic rings. The largest absolute Gasteiger partial charge is 0.418 e. The van der Waals surface area contributed by atoms with Crippen LogP contribution in [0.4, 0.5) is 32.0 Å². The van der Waals surface area contributed by atoms with Crippen LogP contribution < -0.4 is 10.7 Å². The van der Waals surface area contributed by atoms with E-state index >= 15 is 0 Å². The van der Waals surface area contributed by atoms with E-state index in [1.54, 1.807) is 18.5 Å². The van der Waals surface area contributed by atoms with Crippen molar-refractivity contribution in [3.63, 3.8) is 0 Å². The van der Waals surface area contributed by atoms with Gasteiger partial charge in [-0.05, 0) is 72.1 Å². The second-order valence-corrected chi connectivity index (χ2v) is 9.56. The van der Waals surface area contributed by atoms with Gasteiger partial charge in [-0.3, -0.25) is 5.43 Å². The molecule has 3 aromatic carbocycles. The number of para-hydroxylation sites is 1. The lowest BCUT2D eigenvalue weighted by Crippen LogP contribution is -2.25. The van der Waals surface area contributed by atoms with Crippen molar-refractivity contribution in [1.29, 1.82) is 0 Å². The molecule has 0 atom stereocenters. The quantitative estimate of drug-likeness (QED) is 0.116. The summed E-state index contributed by atoms with van der Waals surface area (Å²) in [5.41, 5.74) is 6.97. The predicted octanol–water partition coefficient (Wildman–Crippen LogP) is 7.08. The van der Waals surface area contributed by atoms with E-state index in [4.69, 9.17) is 12.2 Å². The van der Waals surface area contributed by atoms with Gasteiger partial charge in [0.05, 0.1) is 35.3 Å². The highest BCUT2D eigenvalue weighted by atomic mass is 32.1. The number of hydrogen-bond acceptors (Lipinski definition) is 3. The molecule has 40 heavy (non-hydrogen) atoms. The molecule has 0 fully saturated rings. The lowest BCUT2D eigenvalue weighted by molar-refractivity contribution is -0.137. The van der Waals surface area contributed by atoms with Crippen LogP contribution in [0.5, 0.6) is 0 Å². The SMILES string of the molecule is FC(F)(F)Cc1ccc(-n2cnc3c2CCc2cc(/C=N/NC(=S)Nc4ccccc4C(F)(F)F)ccc2-3)cc1. The van der Waals surface area contributed by atoms with Gasteiger partial charge in [-0.2, -0.15) is 31.4 Å². The van der Waals surface area contributed by atoms with E-state index < -0.39 is 24.3 Å². The van der Waals surface area contributed by atoms with Crippen LogP contribution in [0, 0.1) is 0 Å². The minimum atomic E-state index is -4.53. The first-order chi connectivity index (χ1) is 19.0. The van der Waals surface area contributed by atoms with Crippen LogP contribution in [-0.2, 0) is 25.4 Å². The fraction of sp³-hybridized carbons (Fsp3) is 0.179. The number of hydrazone groups is 1. The summed E-state index contributed by atoms with van der Waals surface area (Å²) in [6.07, 6.45) is -5.18. The van der Waals surface area contributed by atoms with Crippen LogP contribution in [0.2, 0.25) is 0 Å². The van der Waals surface area contributed by atoms with Gasteiger partial charge in [-0.1, -0.05) is 36.4 Å². The highest BCUT2D eigenvalue weighted by Crippen LogP contribution is 2.35. The Morgan fingerprint density at radius 3 is 2.45 bits per heavy atom. The lowest BCUT2D eigenvalue weighted by Gasteiger charge is -2.18. The molecule has 0 aliphatic heterocycles. The number of fused-ring (bicyclic) bond motifs is 3. The molecule has 0 saturated carbocycles. The number of halogens is 6. The fourth-order valence-corrected chi connectivity index (χ4v) is 4.77. The topological polar surface area (TPSA) is 54.2 Å². The van der Waals surface area contributed by atoms with Crippen molar-refractivity contribution in [2.75, 3.05) is 5.32 Å². The van der Waals surface area contributed by atoms with Crippen LogP contribution in [0.25, 0.3) is 16.9 Å². The van der Waals surface area contributed by atoms with E-state index in [-0.39, 0.29) is 16.4 Å². The summed E-state index contributed by atoms with van der Waals surface area (Å²) in [5, 5.41) is 6.47. The Bertz CT molecular complexity index is 1570. The number of rotatable bonds is 5. The maximum Gasteiger partial charge on any atom is 0.418 e. The number of anilines is 1. The monoisotopic (exact) mass is 573 g/mol. The molecule has 2 N–H and O–H groups in total. The molecule has 1 aromatic heterocycles. The zero-order chi connectivity index (χ0) is 28.5. The first-order valence-corrected chi connectivity index (χ1v) is 12.5. The number of nitrogens with one attached hydrogen (secondary N) is 2. The van der Waals surface area contributed by atoms with Gasteiger partial charge in [0.1, 0.15) is 6.33 Å². The van der Waals surface area contributed by atoms with Crippen molar-refractivity contribution in [1.82, 2.24) is 15.0 Å². The van der Waals surface area contributed by atoms with Crippen molar-refractivity contribution in [3.8, 4) is 16.9 Å². The van der Waals surface area contributed by atoms with Crippen LogP contribution in [0.15, 0.2) is 78.2 Å². The molecule has 1 heterocycles. The maximum absolute atomic E-state index is 13.2. The maximum atomic E-state index is 13.2. The van der Waals surface area contributed by atoms with Crippen LogP contribution >= 0.6 is 12.2 Å². The molecule has 206 valence electrons. The van der Waals surface area contributed by atoms with E-state index in [2.05, 4.69) is 20.8 Å². The second kappa shape index (κ2) is 10.8. The number of hydrogen-bond donors (Lipinski definition) is 2. The molecule has 1 aliphatic rings. The van der Waals surface area contributed by atoms with E-state index in [0.29, 0.717) is 12.8 Å². The summed E-state index contributed by atoms with van der Waals surface area (Å²) < 4.78 is 79.5. The average Bonchev–Trinajstić information content (AvgIpc) is 3.32. The smallest absolute Gasteiger partial charge is 0.331 e. The fourth-order valence-electron chi connectivity index (χ4n) is 4.61. The number of aromatic nitrogens is 2. The first-order valence-electron chi connectivity index (χ1n) is 12.1. The van der Waals surface area contributed by atoms with Crippen LogP contribution in [-0.4, -0.2) is 27.1 Å². The van der Waals surface area contributed by atoms with E-state index in [1.165, 1.54) is 36.5 Å². The molecular formula is C28H21F6N5S. The van der Waals surface area contributed by atoms with Crippen LogP contribution in [0.1, 0.15) is 27.9 Å². The molecule has 0 saturated heterocycles. The highest BCUT2D eigenvalue weighted by molar-refractivity contribution is 7.80. The number of aryl methyl sites for hydroxylation is 1. The molecule has 0 amide bonds. The van der Waals surface area contributed by atoms with E-state index in [1.807, 2.05) is 22.8 Å². The Morgan fingerprint density at radius 1 is 0.975 bits per heavy atom. The lowest BCUT2D eigenvalue weighted by atomic mass is 9.91. The third-order valence-corrected chi connectivity index (χ3v) is 6.55. The second-order valence-electron chi connectivity index (χ2n) is 9.15. The zero-order valence-corrected chi connectivity index (χ0v) is 21.5. The highest BCUT2D eigenvalue weighted by Gasteiger charge is 2.33. The van der Waals surface area contributed by atoms with Gasteiger partial charge in [0.25, 0.3) is 0 Å². The van der Waals surface area contributed by atoms with Gasteiger partial charge < -0.3 is 9.88 Å². The minimum Gasteiger partial charge on any atom is -0.331 e. The molecule has 0 bridgehead atoms. The zero-order valence-electron chi connectivity index (χ0n) is 20.6. The van der Waals surface area contributed by atoms with Gasteiger partial charge in [0.15, 0.2) is 5.11 Å². The van der Waals surface area contributed by atoms with Crippen LogP contribution in [0.3, 0.4) is 0 Å². The summed E-state index contributed by atoms with van der Waals surface area (Å²) in [5.74, 6) is 0. The van der Waals surface area contributed by atoms with Crippen molar-refractivity contribution < 1.29 is 26.3 Å². The summed E-state index contributed by atoms with van der Waals surface area (Å²) in [6.45, 7) is 0. The van der Waals surface area contributed by atoms with E-state index in [0.717, 1.165) is 39.8 Å². The number of alkyl halides is 6. The van der Waals surface area contributed by atoms with Crippen molar-refractivity contribution in [2.45, 2.75) is 31.6 Å². The van der Waals surface area contributed by atoms with Gasteiger partial charge in [0.2, 0.25) is 0 Å². The number of benzene rings is 3. The molecular weight excluding hydrogens is 552 g/mol. The predicted molar refractivity (Wildman–Crippen MR) is 145 cm³/mol. The standard InChI is InChI=1S/C28H21F6N5S/c29-27(30,31)14-17-5-9-20(10-6-17)39-16-35-25-21-11-7-18(13-19(21)8-12-24(25)39)15-36-38-26(40)37-23-4-2-1-3-22(23)28(32,33)34/h1-7,9-11,13,15-16H,8,12,14H2,(H2,37,38,40)/b36-15+. The van der Waals surface area contributed by atoms with Gasteiger partial charge in [-0.15, -0.1) is 0 Å². The molecule has 0 spiro atoms. The summed E-state index contributed by atoms with van der Waals surface area (Å²) in [7, 11) is 0. The van der Waals surface area contributed by atoms with Gasteiger partial charge >= 0.3 is 12.4 Å². The number of nitrogens with zero attached hydrogens (tertiary/aromatic N) is 3. The van der Waals surface area contributed by atoms with E-state index in [9.17, 15) is 26.3 Å². The van der Waals surface area contributed by atoms with Gasteiger partial charge in [-0.25, -0.2) is 4.98 Å². The molecule has 0 unspecified atom stereocenters. The summed E-state index contributed by atoms with van der Waals surface area (Å²) >= 11 is 5.08. The summed E-state index contributed by atoms with van der Waals surface area (Å²) in [4.78, 5) is 4.57. The Hall–Kier alpha value is -4.19. The first kappa shape index (κ1) is 27.4. The number of imidazole rings is 1. The van der Waals surface area contributed by atoms with Crippen molar-refractivity contribution in [3.05, 3.63) is 101 Å². The number of thiocarbonyl (C=S) groups is 1. The van der Waals surface area contributed by atoms with Crippen molar-refractivity contribution >= 4 is 29.2 Å². The third kappa shape index (κ3) is 6.17. The van der Waals surface area contributed by atoms with Crippen molar-refractivity contribution in [2.24, 2.45) is 5.10 Å². The Balaban J connectivity index is 1.26. The van der Waals surface area contributed by atoms with Gasteiger partial charge in [0, 0.05) is 11.3 Å². The Morgan fingerprint density at radius 2 is 1.73 bits per heavy atom. The molecule has 5 nitrogen and oxygen atoms in total. The third-order valence-electron chi connectivity index (χ3n) is 6.36. The molecule has 1 aliphatic carbocycles.